The topological polar surface area (TPSA) is 47.0 Å². The highest BCUT2D eigenvalue weighted by Gasteiger charge is 2.07. The number of benzene rings is 1. The second-order valence-corrected chi connectivity index (χ2v) is 5.64. The van der Waals surface area contributed by atoms with Crippen molar-refractivity contribution in [1.82, 2.24) is 9.97 Å². The van der Waals surface area contributed by atoms with Crippen molar-refractivity contribution in [2.75, 3.05) is 18.5 Å². The van der Waals surface area contributed by atoms with Crippen LogP contribution in [0.15, 0.2) is 42.0 Å². The van der Waals surface area contributed by atoms with Gasteiger partial charge >= 0.3 is 0 Å². The van der Waals surface area contributed by atoms with Crippen molar-refractivity contribution in [3.05, 3.63) is 47.6 Å². The maximum atomic E-state index is 5.67. The number of nitrogens with zero attached hydrogens (tertiary/aromatic N) is 2. The molecule has 108 valence electrons. The molecule has 1 aromatic carbocycles. The Hall–Kier alpha value is -2.14. The van der Waals surface area contributed by atoms with Gasteiger partial charge in [-0.1, -0.05) is 18.2 Å². The molecular formula is C16H17N3OS. The zero-order valence-corrected chi connectivity index (χ0v) is 12.7. The molecule has 0 spiro atoms. The molecule has 0 saturated carbocycles. The van der Waals surface area contributed by atoms with Gasteiger partial charge in [-0.3, -0.25) is 0 Å². The van der Waals surface area contributed by atoms with Crippen LogP contribution in [0.3, 0.4) is 0 Å². The van der Waals surface area contributed by atoms with Crippen LogP contribution < -0.4 is 10.1 Å². The minimum absolute atomic E-state index is 0.689. The molecule has 0 unspecified atom stereocenters. The molecule has 3 rings (SSSR count). The summed E-state index contributed by atoms with van der Waals surface area (Å²) in [7, 11) is 0. The number of aryl methyl sites for hydroxylation is 1. The van der Waals surface area contributed by atoms with Gasteiger partial charge in [-0.25, -0.2) is 9.97 Å². The Bertz CT molecular complexity index is 712. The minimum Gasteiger partial charge on any atom is -0.494 e. The highest BCUT2D eigenvalue weighted by atomic mass is 32.1. The fraction of sp³-hybridized carbons (Fsp3) is 0.250. The normalized spacial score (nSPS) is 10.7. The van der Waals surface area contributed by atoms with E-state index in [1.165, 1.54) is 5.56 Å². The van der Waals surface area contributed by atoms with E-state index in [0.29, 0.717) is 6.61 Å². The Balaban J connectivity index is 1.51. The zero-order chi connectivity index (χ0) is 14.5. The van der Waals surface area contributed by atoms with Crippen molar-refractivity contribution in [3.63, 3.8) is 0 Å². The van der Waals surface area contributed by atoms with Gasteiger partial charge in [0, 0.05) is 6.54 Å². The van der Waals surface area contributed by atoms with Crippen molar-refractivity contribution < 1.29 is 4.74 Å². The summed E-state index contributed by atoms with van der Waals surface area (Å²) in [6.07, 6.45) is 2.54. The molecule has 21 heavy (non-hydrogen) atoms. The van der Waals surface area contributed by atoms with Gasteiger partial charge in [0.2, 0.25) is 0 Å². The molecular weight excluding hydrogens is 282 g/mol. The molecule has 0 amide bonds. The number of anilines is 1. The van der Waals surface area contributed by atoms with Gasteiger partial charge in [-0.15, -0.1) is 11.3 Å². The molecule has 0 radical (unpaired) electrons. The first-order valence-corrected chi connectivity index (χ1v) is 7.83. The average Bonchev–Trinajstić information content (AvgIpc) is 2.90. The van der Waals surface area contributed by atoms with Gasteiger partial charge in [0.05, 0.1) is 16.8 Å². The van der Waals surface area contributed by atoms with Crippen LogP contribution in [0.2, 0.25) is 0 Å². The number of rotatable bonds is 6. The van der Waals surface area contributed by atoms with Crippen molar-refractivity contribution in [2.24, 2.45) is 0 Å². The molecule has 0 aliphatic rings. The van der Waals surface area contributed by atoms with Crippen LogP contribution in [0, 0.1) is 6.92 Å². The lowest BCUT2D eigenvalue weighted by atomic mass is 10.3. The number of thiophene rings is 1. The van der Waals surface area contributed by atoms with Crippen LogP contribution in [0.25, 0.3) is 10.2 Å². The van der Waals surface area contributed by atoms with E-state index in [1.807, 2.05) is 30.3 Å². The van der Waals surface area contributed by atoms with Crippen LogP contribution >= 0.6 is 11.3 Å². The number of nitrogens with one attached hydrogen (secondary N) is 1. The average molecular weight is 299 g/mol. The number of hydrogen-bond donors (Lipinski definition) is 1. The number of hydrogen-bond acceptors (Lipinski definition) is 5. The zero-order valence-electron chi connectivity index (χ0n) is 11.9. The van der Waals surface area contributed by atoms with E-state index in [2.05, 4.69) is 27.6 Å². The van der Waals surface area contributed by atoms with Crippen LogP contribution in [-0.2, 0) is 0 Å². The first-order chi connectivity index (χ1) is 10.3. The van der Waals surface area contributed by atoms with Crippen molar-refractivity contribution >= 4 is 27.4 Å². The van der Waals surface area contributed by atoms with Gasteiger partial charge in [-0.05, 0) is 36.4 Å². The summed E-state index contributed by atoms with van der Waals surface area (Å²) in [4.78, 5) is 8.64. The van der Waals surface area contributed by atoms with E-state index in [1.54, 1.807) is 17.7 Å². The third kappa shape index (κ3) is 3.31. The van der Waals surface area contributed by atoms with Crippen molar-refractivity contribution in [3.8, 4) is 5.75 Å². The number of fused-ring (bicyclic) bond motifs is 1. The summed E-state index contributed by atoms with van der Waals surface area (Å²) in [5, 5.41) is 5.48. The van der Waals surface area contributed by atoms with Gasteiger partial charge in [-0.2, -0.15) is 0 Å². The SMILES string of the molecule is Cc1csc2c(NCCCOc3ccccc3)ncnc12. The van der Waals surface area contributed by atoms with Gasteiger partial charge < -0.3 is 10.1 Å². The quantitative estimate of drug-likeness (QED) is 0.702. The van der Waals surface area contributed by atoms with E-state index in [-0.39, 0.29) is 0 Å². The Kier molecular flexibility index (Phi) is 4.31. The molecule has 4 nitrogen and oxygen atoms in total. The second-order valence-electron chi connectivity index (χ2n) is 4.76. The molecule has 2 heterocycles. The third-order valence-electron chi connectivity index (χ3n) is 3.16. The lowest BCUT2D eigenvalue weighted by Gasteiger charge is -2.08. The summed E-state index contributed by atoms with van der Waals surface area (Å²) in [6.45, 7) is 3.59. The molecule has 0 bridgehead atoms. The van der Waals surface area contributed by atoms with Gasteiger partial charge in [0.15, 0.2) is 0 Å². The van der Waals surface area contributed by atoms with Gasteiger partial charge in [0.1, 0.15) is 17.9 Å². The maximum Gasteiger partial charge on any atom is 0.147 e. The Labute approximate surface area is 127 Å². The minimum atomic E-state index is 0.689. The maximum absolute atomic E-state index is 5.67. The molecule has 0 atom stereocenters. The monoisotopic (exact) mass is 299 g/mol. The third-order valence-corrected chi connectivity index (χ3v) is 4.25. The molecule has 3 aromatic rings. The first-order valence-electron chi connectivity index (χ1n) is 6.95. The predicted molar refractivity (Wildman–Crippen MR) is 87.2 cm³/mol. The van der Waals surface area contributed by atoms with Crippen molar-refractivity contribution in [2.45, 2.75) is 13.3 Å². The lowest BCUT2D eigenvalue weighted by molar-refractivity contribution is 0.315. The van der Waals surface area contributed by atoms with E-state index >= 15 is 0 Å². The standard InChI is InChI=1S/C16H17N3OS/c1-12-10-21-15-14(12)18-11-19-16(15)17-8-5-9-20-13-6-3-2-4-7-13/h2-4,6-7,10-11H,5,8-9H2,1H3,(H,17,18,19). The van der Waals surface area contributed by atoms with Crippen LogP contribution in [0.4, 0.5) is 5.82 Å². The molecule has 2 aromatic heterocycles. The Morgan fingerprint density at radius 3 is 2.90 bits per heavy atom. The molecule has 0 saturated heterocycles. The molecule has 5 heteroatoms. The first kappa shape index (κ1) is 13.8. The van der Waals surface area contributed by atoms with Gasteiger partial charge in [0.25, 0.3) is 0 Å². The summed E-state index contributed by atoms with van der Waals surface area (Å²) >= 11 is 1.68. The smallest absolute Gasteiger partial charge is 0.147 e. The molecule has 0 aliphatic carbocycles. The molecule has 0 fully saturated rings. The summed E-state index contributed by atoms with van der Waals surface area (Å²) < 4.78 is 6.79. The fourth-order valence-electron chi connectivity index (χ4n) is 2.08. The van der Waals surface area contributed by atoms with E-state index < -0.39 is 0 Å². The summed E-state index contributed by atoms with van der Waals surface area (Å²) in [6, 6.07) is 9.87. The summed E-state index contributed by atoms with van der Waals surface area (Å²) in [5.74, 6) is 1.83. The Morgan fingerprint density at radius 1 is 1.19 bits per heavy atom. The highest BCUT2D eigenvalue weighted by molar-refractivity contribution is 7.18. The highest BCUT2D eigenvalue weighted by Crippen LogP contribution is 2.28. The largest absolute Gasteiger partial charge is 0.494 e. The number of para-hydroxylation sites is 1. The van der Waals surface area contributed by atoms with E-state index in [9.17, 15) is 0 Å². The van der Waals surface area contributed by atoms with Crippen LogP contribution in [-0.4, -0.2) is 23.1 Å². The van der Waals surface area contributed by atoms with E-state index in [4.69, 9.17) is 4.74 Å². The van der Waals surface area contributed by atoms with Crippen LogP contribution in [0.1, 0.15) is 12.0 Å². The summed E-state index contributed by atoms with van der Waals surface area (Å²) in [5.41, 5.74) is 2.24. The second kappa shape index (κ2) is 6.54. The molecule has 0 aliphatic heterocycles. The molecule has 1 N–H and O–H groups in total. The van der Waals surface area contributed by atoms with E-state index in [0.717, 1.165) is 34.7 Å². The lowest BCUT2D eigenvalue weighted by Crippen LogP contribution is -2.08. The number of ether oxygens (including phenoxy) is 1. The fourth-order valence-corrected chi connectivity index (χ4v) is 3.05. The Morgan fingerprint density at radius 2 is 2.05 bits per heavy atom. The van der Waals surface area contributed by atoms with Crippen LogP contribution in [0.5, 0.6) is 5.75 Å². The number of aromatic nitrogens is 2. The van der Waals surface area contributed by atoms with Crippen molar-refractivity contribution in [1.29, 1.82) is 0 Å². The predicted octanol–water partition coefficient (Wildman–Crippen LogP) is 3.88.